The summed E-state index contributed by atoms with van der Waals surface area (Å²) < 4.78 is 22.7. The van der Waals surface area contributed by atoms with Gasteiger partial charge in [-0.1, -0.05) is 242 Å². The van der Waals surface area contributed by atoms with E-state index in [0.29, 0.717) is 17.4 Å². The van der Waals surface area contributed by atoms with Crippen molar-refractivity contribution < 1.29 is 42.9 Å². The number of unbranched alkanes of at least 4 members (excludes halogenated alkanes) is 16. The Labute approximate surface area is 502 Å². The Hall–Kier alpha value is -5.09. The van der Waals surface area contributed by atoms with Crippen LogP contribution in [0.1, 0.15) is 226 Å². The number of esters is 2. The van der Waals surface area contributed by atoms with Crippen LogP contribution in [-0.2, 0) is 33.3 Å². The molecule has 0 radical (unpaired) electrons. The third-order valence-corrected chi connectivity index (χ3v) is 13.0. The van der Waals surface area contributed by atoms with Gasteiger partial charge in [-0.3, -0.25) is 9.59 Å². The fraction of sp³-hybridized carbons (Fsp3) is 0.603. The molecule has 0 aromatic heterocycles. The van der Waals surface area contributed by atoms with Gasteiger partial charge in [0.15, 0.2) is 12.4 Å². The molecule has 0 aromatic carbocycles. The molecular weight excluding hydrogens is 1020 g/mol. The Bertz CT molecular complexity index is 1900. The van der Waals surface area contributed by atoms with Gasteiger partial charge in [-0.05, 0) is 128 Å². The molecular formula is C73H117NO8. The number of carbonyl (C=O) groups is 3. The lowest BCUT2D eigenvalue weighted by molar-refractivity contribution is -0.870. The van der Waals surface area contributed by atoms with Crippen molar-refractivity contribution >= 4 is 17.9 Å². The highest BCUT2D eigenvalue weighted by atomic mass is 16.7. The molecule has 0 saturated carbocycles. The van der Waals surface area contributed by atoms with Crippen LogP contribution < -0.4 is 5.11 Å². The number of carboxylic acid groups (broad SMARTS) is 1. The van der Waals surface area contributed by atoms with Crippen LogP contribution in [0.2, 0.25) is 0 Å². The molecule has 0 fully saturated rings. The lowest BCUT2D eigenvalue weighted by Crippen LogP contribution is -2.44. The van der Waals surface area contributed by atoms with Crippen LogP contribution in [-0.4, -0.2) is 82.3 Å². The Balaban J connectivity index is 4.26. The first-order valence-corrected chi connectivity index (χ1v) is 32.1. The van der Waals surface area contributed by atoms with Gasteiger partial charge in [0.25, 0.3) is 0 Å². The molecule has 0 saturated heterocycles. The summed E-state index contributed by atoms with van der Waals surface area (Å²) in [6, 6.07) is 0. The molecule has 0 N–H and O–H groups in total. The van der Waals surface area contributed by atoms with Gasteiger partial charge in [0, 0.05) is 12.8 Å². The van der Waals surface area contributed by atoms with Crippen molar-refractivity contribution in [1.29, 1.82) is 0 Å². The Kier molecular flexibility index (Phi) is 58.1. The van der Waals surface area contributed by atoms with Crippen molar-refractivity contribution in [3.63, 3.8) is 0 Å². The molecule has 0 aliphatic heterocycles. The van der Waals surface area contributed by atoms with E-state index in [1.807, 2.05) is 21.1 Å². The minimum absolute atomic E-state index is 0.134. The molecule has 0 amide bonds. The van der Waals surface area contributed by atoms with Crippen molar-refractivity contribution in [3.05, 3.63) is 158 Å². The van der Waals surface area contributed by atoms with Gasteiger partial charge in [-0.2, -0.15) is 0 Å². The number of nitrogens with zero attached hydrogens (tertiary/aromatic N) is 1. The van der Waals surface area contributed by atoms with E-state index in [4.69, 9.17) is 18.9 Å². The third kappa shape index (κ3) is 62.5. The van der Waals surface area contributed by atoms with Crippen molar-refractivity contribution in [2.24, 2.45) is 0 Å². The number of allylic oxidation sites excluding steroid dienone is 26. The maximum absolute atomic E-state index is 12.9. The second-order valence-corrected chi connectivity index (χ2v) is 22.0. The second kappa shape index (κ2) is 62.0. The average Bonchev–Trinajstić information content (AvgIpc) is 3.45. The summed E-state index contributed by atoms with van der Waals surface area (Å²) in [6.07, 6.45) is 88.7. The molecule has 0 aliphatic rings. The third-order valence-electron chi connectivity index (χ3n) is 13.0. The van der Waals surface area contributed by atoms with Crippen molar-refractivity contribution in [2.45, 2.75) is 238 Å². The maximum Gasteiger partial charge on any atom is 0.306 e. The number of hydrogen-bond donors (Lipinski definition) is 0. The molecule has 9 nitrogen and oxygen atoms in total. The van der Waals surface area contributed by atoms with Gasteiger partial charge >= 0.3 is 11.9 Å². The van der Waals surface area contributed by atoms with Crippen LogP contribution in [0.5, 0.6) is 0 Å². The first-order chi connectivity index (χ1) is 40.1. The minimum Gasteiger partial charge on any atom is -0.545 e. The van der Waals surface area contributed by atoms with E-state index in [2.05, 4.69) is 172 Å². The Morgan fingerprint density at radius 3 is 1.04 bits per heavy atom. The smallest absolute Gasteiger partial charge is 0.306 e. The monoisotopic (exact) mass is 1140 g/mol. The first kappa shape index (κ1) is 76.9. The van der Waals surface area contributed by atoms with E-state index in [-0.39, 0.29) is 38.6 Å². The number of ether oxygens (including phenoxy) is 4. The van der Waals surface area contributed by atoms with Gasteiger partial charge in [0.1, 0.15) is 13.2 Å². The van der Waals surface area contributed by atoms with Crippen LogP contribution in [0.25, 0.3) is 0 Å². The fourth-order valence-corrected chi connectivity index (χ4v) is 8.10. The Morgan fingerprint density at radius 2 is 0.695 bits per heavy atom. The van der Waals surface area contributed by atoms with Gasteiger partial charge in [-0.15, -0.1) is 0 Å². The summed E-state index contributed by atoms with van der Waals surface area (Å²) in [6.45, 7) is 4.56. The van der Waals surface area contributed by atoms with E-state index in [1.54, 1.807) is 0 Å². The molecule has 2 unspecified atom stereocenters. The highest BCUT2D eigenvalue weighted by molar-refractivity contribution is 5.70. The van der Waals surface area contributed by atoms with Crippen LogP contribution in [0, 0.1) is 0 Å². The zero-order chi connectivity index (χ0) is 59.8. The van der Waals surface area contributed by atoms with E-state index < -0.39 is 24.3 Å². The number of carbonyl (C=O) groups excluding carboxylic acids is 3. The predicted molar refractivity (Wildman–Crippen MR) is 347 cm³/mol. The summed E-state index contributed by atoms with van der Waals surface area (Å²) in [5.41, 5.74) is 0. The molecule has 0 bridgehead atoms. The SMILES string of the molecule is CC/C=C\C/C=C\C/C=C\C/C=C\C/C=C\C/C=C\C/C=C\C/C=C\C/C=C\C/C=C\C/C=C\CCCCCCCC(=O)OC(COC(=O)CCCCCCCCC/C=C\C/C=C\CCCCCC)COC(OCC[N+](C)(C)C)C(=O)[O-]. The molecule has 0 aromatic rings. The van der Waals surface area contributed by atoms with Crippen LogP contribution in [0.15, 0.2) is 158 Å². The van der Waals surface area contributed by atoms with Crippen LogP contribution >= 0.6 is 0 Å². The number of rotatable bonds is 57. The lowest BCUT2D eigenvalue weighted by atomic mass is 10.1. The van der Waals surface area contributed by atoms with E-state index >= 15 is 0 Å². The number of likely N-dealkylation sites (N-methyl/N-ethyl adjacent to an activating group) is 1. The fourth-order valence-electron chi connectivity index (χ4n) is 8.10. The summed E-state index contributed by atoms with van der Waals surface area (Å²) in [5.74, 6) is -2.34. The first-order valence-electron chi connectivity index (χ1n) is 32.1. The molecule has 0 spiro atoms. The van der Waals surface area contributed by atoms with E-state index in [0.717, 1.165) is 141 Å². The van der Waals surface area contributed by atoms with Crippen LogP contribution in [0.3, 0.4) is 0 Å². The number of carboxylic acids is 1. The van der Waals surface area contributed by atoms with Gasteiger partial charge in [0.05, 0.1) is 40.3 Å². The second-order valence-electron chi connectivity index (χ2n) is 22.0. The average molecular weight is 1140 g/mol. The highest BCUT2D eigenvalue weighted by Gasteiger charge is 2.22. The number of aliphatic carboxylic acids is 1. The zero-order valence-electron chi connectivity index (χ0n) is 52.5. The molecule has 82 heavy (non-hydrogen) atoms. The van der Waals surface area contributed by atoms with E-state index in [9.17, 15) is 19.5 Å². The molecule has 9 heteroatoms. The molecule has 0 heterocycles. The number of quaternary nitrogens is 1. The quantitative estimate of drug-likeness (QED) is 0.0195. The van der Waals surface area contributed by atoms with Crippen LogP contribution in [0.4, 0.5) is 0 Å². The topological polar surface area (TPSA) is 111 Å². The largest absolute Gasteiger partial charge is 0.545 e. The molecule has 0 aliphatic carbocycles. The zero-order valence-corrected chi connectivity index (χ0v) is 52.5. The van der Waals surface area contributed by atoms with Gasteiger partial charge < -0.3 is 33.3 Å². The molecule has 2 atom stereocenters. The molecule has 0 rings (SSSR count). The summed E-state index contributed by atoms with van der Waals surface area (Å²) >= 11 is 0. The lowest BCUT2D eigenvalue weighted by Gasteiger charge is -2.26. The van der Waals surface area contributed by atoms with Crippen molar-refractivity contribution in [3.8, 4) is 0 Å². The maximum atomic E-state index is 12.9. The van der Waals surface area contributed by atoms with Gasteiger partial charge in [0.2, 0.25) is 0 Å². The normalized spacial score (nSPS) is 13.8. The summed E-state index contributed by atoms with van der Waals surface area (Å²) in [7, 11) is 5.90. The van der Waals surface area contributed by atoms with Gasteiger partial charge in [-0.25, -0.2) is 0 Å². The Morgan fingerprint density at radius 1 is 0.378 bits per heavy atom. The molecule has 462 valence electrons. The highest BCUT2D eigenvalue weighted by Crippen LogP contribution is 2.14. The predicted octanol–water partition coefficient (Wildman–Crippen LogP) is 18.4. The standard InChI is InChI=1S/C73H117NO8/c1-6-8-10-12-14-16-18-20-22-24-26-27-28-29-30-31-32-33-34-35-36-37-38-39-40-41-42-43-44-45-46-48-50-52-54-56-58-60-62-64-71(76)82-69(68-81-73(72(77)78)79-66-65-74(3,4)5)67-80-70(75)63-61-59-57-55-53-51-49-47-25-23-21-19-17-15-13-11-9-7-2/h8,10,14,16-17,19-20,22-23,25-27,29-30,32-33,35-36,38-39,41-42,44-45,48,50,69,73H,6-7,9,11-13,15,18,21,24,28,31,34,37,40,43,46-47,49,51-68H2,1-5H3/b10-8-,16-14-,19-17-,22-20-,25-23-,27-26-,30-29-,33-32-,36-35-,39-38-,42-41-,45-44-,50-48-. The van der Waals surface area contributed by atoms with Crippen molar-refractivity contribution in [2.75, 3.05) is 47.5 Å². The van der Waals surface area contributed by atoms with E-state index in [1.165, 1.54) is 51.4 Å². The summed E-state index contributed by atoms with van der Waals surface area (Å²) in [5, 5.41) is 11.8. The minimum atomic E-state index is -1.64. The number of hydrogen-bond acceptors (Lipinski definition) is 8. The summed E-state index contributed by atoms with van der Waals surface area (Å²) in [4.78, 5) is 37.3. The van der Waals surface area contributed by atoms with Crippen molar-refractivity contribution in [1.82, 2.24) is 0 Å².